The minimum Gasteiger partial charge on any atom is -0.495 e. The highest BCUT2D eigenvalue weighted by molar-refractivity contribution is 5.93. The van der Waals surface area contributed by atoms with Gasteiger partial charge in [-0.1, -0.05) is 42.5 Å². The summed E-state index contributed by atoms with van der Waals surface area (Å²) in [5, 5.41) is 0. The fourth-order valence-electron chi connectivity index (χ4n) is 4.56. The van der Waals surface area contributed by atoms with Crippen LogP contribution in [0, 0.1) is 0 Å². The molecule has 32 heavy (non-hydrogen) atoms. The first-order valence-electron chi connectivity index (χ1n) is 10.9. The fourth-order valence-corrected chi connectivity index (χ4v) is 4.56. The van der Waals surface area contributed by atoms with E-state index in [0.717, 1.165) is 35.0 Å². The lowest BCUT2D eigenvalue weighted by atomic mass is 10.1. The van der Waals surface area contributed by atoms with Crippen LogP contribution >= 0.6 is 0 Å². The average Bonchev–Trinajstić information content (AvgIpc) is 2.83. The van der Waals surface area contributed by atoms with Crippen LogP contribution in [0.25, 0.3) is 0 Å². The number of para-hydroxylation sites is 4. The molecular formula is C26H28N4O2. The Balaban J connectivity index is 1.63. The number of fused-ring (bicyclic) bond motifs is 2. The third-order valence-electron chi connectivity index (χ3n) is 6.02. The molecule has 3 aromatic carbocycles. The molecule has 6 nitrogen and oxygen atoms in total. The smallest absolute Gasteiger partial charge is 0.199 e. The number of benzene rings is 3. The molecule has 3 aromatic rings. The minimum absolute atomic E-state index is 0.209. The highest BCUT2D eigenvalue weighted by Gasteiger charge is 2.34. The zero-order valence-electron chi connectivity index (χ0n) is 18.7. The molecule has 0 spiro atoms. The first kappa shape index (κ1) is 20.2. The molecule has 0 aliphatic carbocycles. The van der Waals surface area contributed by atoms with Crippen LogP contribution < -0.4 is 24.2 Å². The van der Waals surface area contributed by atoms with E-state index in [1.165, 1.54) is 11.3 Å². The molecule has 0 bridgehead atoms. The third kappa shape index (κ3) is 3.51. The van der Waals surface area contributed by atoms with Crippen LogP contribution in [0.1, 0.15) is 11.1 Å². The summed E-state index contributed by atoms with van der Waals surface area (Å²) in [5.41, 5.74) is 5.61. The molecule has 5 rings (SSSR count). The number of methoxy groups -OCH3 is 1. The topological polar surface area (TPSA) is 40.5 Å². The maximum atomic E-state index is 5.92. The quantitative estimate of drug-likeness (QED) is 0.603. The molecule has 0 amide bonds. The predicted octanol–water partition coefficient (Wildman–Crippen LogP) is 4.38. The summed E-state index contributed by atoms with van der Waals surface area (Å²) in [6.45, 7) is 2.09. The number of hydrogen-bond acceptors (Lipinski definition) is 6. The van der Waals surface area contributed by atoms with Crippen molar-refractivity contribution in [3.05, 3.63) is 77.9 Å². The summed E-state index contributed by atoms with van der Waals surface area (Å²) >= 11 is 0. The van der Waals surface area contributed by atoms with Gasteiger partial charge in [0, 0.05) is 38.1 Å². The maximum absolute atomic E-state index is 5.92. The van der Waals surface area contributed by atoms with E-state index in [1.807, 2.05) is 36.5 Å². The van der Waals surface area contributed by atoms with Crippen LogP contribution in [0.5, 0.6) is 11.5 Å². The largest absolute Gasteiger partial charge is 0.495 e. The van der Waals surface area contributed by atoms with E-state index in [4.69, 9.17) is 14.5 Å². The summed E-state index contributed by atoms with van der Waals surface area (Å²) in [4.78, 5) is 11.8. The van der Waals surface area contributed by atoms with Crippen molar-refractivity contribution in [3.8, 4) is 11.5 Å². The van der Waals surface area contributed by atoms with E-state index in [9.17, 15) is 0 Å². The van der Waals surface area contributed by atoms with Crippen molar-refractivity contribution in [2.24, 2.45) is 4.99 Å². The second kappa shape index (κ2) is 8.46. The lowest BCUT2D eigenvalue weighted by Crippen LogP contribution is -2.52. The first-order chi connectivity index (χ1) is 15.7. The molecule has 1 atom stereocenters. The summed E-state index contributed by atoms with van der Waals surface area (Å²) in [5.74, 6) is 1.75. The van der Waals surface area contributed by atoms with Gasteiger partial charge in [0.05, 0.1) is 25.0 Å². The number of rotatable bonds is 5. The minimum atomic E-state index is -0.209. The molecule has 0 aromatic heterocycles. The Kier molecular flexibility index (Phi) is 5.35. The molecule has 0 saturated carbocycles. The van der Waals surface area contributed by atoms with Gasteiger partial charge in [-0.3, -0.25) is 0 Å². The molecule has 0 fully saturated rings. The Morgan fingerprint density at radius 2 is 1.84 bits per heavy atom. The van der Waals surface area contributed by atoms with Gasteiger partial charge in [-0.2, -0.15) is 0 Å². The van der Waals surface area contributed by atoms with E-state index in [0.29, 0.717) is 13.2 Å². The van der Waals surface area contributed by atoms with Crippen molar-refractivity contribution in [1.82, 2.24) is 0 Å². The third-order valence-corrected chi connectivity index (χ3v) is 6.02. The van der Waals surface area contributed by atoms with Crippen molar-refractivity contribution in [1.29, 1.82) is 0 Å². The van der Waals surface area contributed by atoms with E-state index in [2.05, 4.69) is 65.2 Å². The average molecular weight is 429 g/mol. The SMILES string of the molecule is COc1cccc2c1N(Cc1ccccc1N(C)C)C(N1CCOc3ccccc31)N=C2. The monoisotopic (exact) mass is 428 g/mol. The van der Waals surface area contributed by atoms with E-state index in [1.54, 1.807) is 7.11 Å². The molecule has 2 aliphatic heterocycles. The normalized spacial score (nSPS) is 16.8. The molecule has 164 valence electrons. The lowest BCUT2D eigenvalue weighted by molar-refractivity contribution is 0.298. The van der Waals surface area contributed by atoms with Crippen LogP contribution in [-0.4, -0.2) is 46.9 Å². The Labute approximate surface area is 189 Å². The number of nitrogens with zero attached hydrogens (tertiary/aromatic N) is 4. The molecule has 6 heteroatoms. The van der Waals surface area contributed by atoms with Crippen LogP contribution in [0.15, 0.2) is 71.7 Å². The van der Waals surface area contributed by atoms with Gasteiger partial charge in [-0.15, -0.1) is 0 Å². The molecule has 1 unspecified atom stereocenters. The van der Waals surface area contributed by atoms with Crippen LogP contribution in [0.2, 0.25) is 0 Å². The van der Waals surface area contributed by atoms with E-state index >= 15 is 0 Å². The first-order valence-corrected chi connectivity index (χ1v) is 10.9. The van der Waals surface area contributed by atoms with Gasteiger partial charge in [0.15, 0.2) is 6.29 Å². The highest BCUT2D eigenvalue weighted by Crippen LogP contribution is 2.41. The predicted molar refractivity (Wildman–Crippen MR) is 131 cm³/mol. The standard InChI is InChI=1S/C26H28N4O2/c1-28(2)21-11-5-4-9-20(21)18-30-25-19(10-8-14-24(25)31-3)17-27-26(30)29-15-16-32-23-13-7-6-12-22(23)29/h4-14,17,26H,15-16,18H2,1-3H3. The zero-order chi connectivity index (χ0) is 22.1. The Morgan fingerprint density at radius 1 is 1.03 bits per heavy atom. The number of ether oxygens (including phenoxy) is 2. The molecular weight excluding hydrogens is 400 g/mol. The number of aliphatic imine (C=N–C) groups is 1. The van der Waals surface area contributed by atoms with Gasteiger partial charge in [-0.05, 0) is 29.8 Å². The van der Waals surface area contributed by atoms with Crippen molar-refractivity contribution >= 4 is 23.3 Å². The lowest BCUT2D eigenvalue weighted by Gasteiger charge is -2.44. The molecule has 0 saturated heterocycles. The number of anilines is 3. The highest BCUT2D eigenvalue weighted by atomic mass is 16.5. The van der Waals surface area contributed by atoms with Crippen molar-refractivity contribution in [3.63, 3.8) is 0 Å². The summed E-state index contributed by atoms with van der Waals surface area (Å²) < 4.78 is 11.7. The van der Waals surface area contributed by atoms with E-state index in [-0.39, 0.29) is 6.29 Å². The Morgan fingerprint density at radius 3 is 2.69 bits per heavy atom. The van der Waals surface area contributed by atoms with Crippen LogP contribution in [0.4, 0.5) is 17.1 Å². The zero-order valence-corrected chi connectivity index (χ0v) is 18.7. The van der Waals surface area contributed by atoms with Gasteiger partial charge in [0.2, 0.25) is 0 Å². The van der Waals surface area contributed by atoms with Gasteiger partial charge in [0.1, 0.15) is 18.1 Å². The van der Waals surface area contributed by atoms with Crippen molar-refractivity contribution in [2.75, 3.05) is 49.1 Å². The molecule has 0 radical (unpaired) electrons. The van der Waals surface area contributed by atoms with Crippen LogP contribution in [0.3, 0.4) is 0 Å². The van der Waals surface area contributed by atoms with Crippen molar-refractivity contribution in [2.45, 2.75) is 12.8 Å². The van der Waals surface area contributed by atoms with Crippen molar-refractivity contribution < 1.29 is 9.47 Å². The van der Waals surface area contributed by atoms with Gasteiger partial charge < -0.3 is 24.2 Å². The van der Waals surface area contributed by atoms with Gasteiger partial charge in [-0.25, -0.2) is 4.99 Å². The molecule has 2 aliphatic rings. The Hall–Kier alpha value is -3.67. The molecule has 0 N–H and O–H groups in total. The summed E-state index contributed by atoms with van der Waals surface area (Å²) in [6, 6.07) is 22.8. The van der Waals surface area contributed by atoms with Gasteiger partial charge >= 0.3 is 0 Å². The second-order valence-corrected chi connectivity index (χ2v) is 8.18. The summed E-state index contributed by atoms with van der Waals surface area (Å²) in [7, 11) is 5.89. The van der Waals surface area contributed by atoms with Crippen LogP contribution in [-0.2, 0) is 6.54 Å². The van der Waals surface area contributed by atoms with Gasteiger partial charge in [0.25, 0.3) is 0 Å². The summed E-state index contributed by atoms with van der Waals surface area (Å²) in [6.07, 6.45) is 1.76. The maximum Gasteiger partial charge on any atom is 0.199 e. The van der Waals surface area contributed by atoms with E-state index < -0.39 is 0 Å². The fraction of sp³-hybridized carbons (Fsp3) is 0.269. The molecule has 2 heterocycles. The number of hydrogen-bond donors (Lipinski definition) is 0. The second-order valence-electron chi connectivity index (χ2n) is 8.18. The Bertz CT molecular complexity index is 1140.